The summed E-state index contributed by atoms with van der Waals surface area (Å²) in [6.07, 6.45) is 2.16. The first-order valence-corrected chi connectivity index (χ1v) is 11.3. The van der Waals surface area contributed by atoms with Crippen LogP contribution in [0.2, 0.25) is 0 Å². The van der Waals surface area contributed by atoms with E-state index in [1.165, 1.54) is 30.5 Å². The largest absolute Gasteiger partial charge is 0.488 e. The summed E-state index contributed by atoms with van der Waals surface area (Å²) in [6, 6.07) is 10.8. The summed E-state index contributed by atoms with van der Waals surface area (Å²) < 4.78 is 34.7. The molecule has 9 nitrogen and oxygen atoms in total. The van der Waals surface area contributed by atoms with Crippen molar-refractivity contribution >= 4 is 21.4 Å². The highest BCUT2D eigenvalue weighted by atomic mass is 32.2. The zero-order chi connectivity index (χ0) is 22.6. The van der Waals surface area contributed by atoms with E-state index >= 15 is 0 Å². The Labute approximate surface area is 180 Å². The third-order valence-electron chi connectivity index (χ3n) is 4.16. The molecule has 0 aliphatic rings. The number of aliphatic hydroxyl groups excluding tert-OH is 1. The molecule has 0 radical (unpaired) electrons. The smallest absolute Gasteiger partial charge is 0.275 e. The van der Waals surface area contributed by atoms with Crippen molar-refractivity contribution in [2.45, 2.75) is 24.8 Å². The van der Waals surface area contributed by atoms with Gasteiger partial charge < -0.3 is 24.9 Å². The predicted molar refractivity (Wildman–Crippen MR) is 115 cm³/mol. The minimum absolute atomic E-state index is 0.177. The van der Waals surface area contributed by atoms with Gasteiger partial charge in [0.15, 0.2) is 9.84 Å². The number of aromatic amines is 1. The molecule has 0 bridgehead atoms. The molecule has 0 unspecified atom stereocenters. The van der Waals surface area contributed by atoms with Gasteiger partial charge in [-0.05, 0) is 38.1 Å². The first-order chi connectivity index (χ1) is 14.6. The maximum Gasteiger partial charge on any atom is 0.275 e. The highest BCUT2D eigenvalue weighted by molar-refractivity contribution is 7.90. The van der Waals surface area contributed by atoms with Crippen molar-refractivity contribution in [3.05, 3.63) is 60.2 Å². The fourth-order valence-corrected chi connectivity index (χ4v) is 3.29. The number of nitrogens with one attached hydrogen (secondary N) is 2. The number of rotatable bonds is 8. The Balaban J connectivity index is 1.86. The van der Waals surface area contributed by atoms with Crippen LogP contribution in [0.15, 0.2) is 53.6 Å². The van der Waals surface area contributed by atoms with E-state index in [1.807, 2.05) is 0 Å². The Hall–Kier alpha value is -3.37. The Morgan fingerprint density at radius 1 is 1.16 bits per heavy atom. The summed E-state index contributed by atoms with van der Waals surface area (Å²) in [4.78, 5) is 19.6. The number of sulfone groups is 1. The molecule has 3 N–H and O–H groups in total. The number of H-pyrrole nitrogens is 1. The summed E-state index contributed by atoms with van der Waals surface area (Å²) >= 11 is 0. The summed E-state index contributed by atoms with van der Waals surface area (Å²) in [5, 5.41) is 12.0. The van der Waals surface area contributed by atoms with Gasteiger partial charge in [0.1, 0.15) is 34.9 Å². The highest BCUT2D eigenvalue weighted by Gasteiger charge is 2.13. The number of anilines is 1. The third-order valence-corrected chi connectivity index (χ3v) is 5.29. The molecular formula is C21H23N3O6S. The van der Waals surface area contributed by atoms with Gasteiger partial charge in [-0.1, -0.05) is 0 Å². The van der Waals surface area contributed by atoms with E-state index in [9.17, 15) is 18.3 Å². The van der Waals surface area contributed by atoms with Crippen molar-refractivity contribution in [1.82, 2.24) is 9.97 Å². The molecule has 3 rings (SSSR count). The number of aliphatic hydroxyl groups is 1. The maximum atomic E-state index is 12.4. The Morgan fingerprint density at radius 3 is 2.42 bits per heavy atom. The van der Waals surface area contributed by atoms with Crippen LogP contribution in [-0.4, -0.2) is 48.4 Å². The number of imidazole rings is 1. The minimum Gasteiger partial charge on any atom is -0.488 e. The quantitative estimate of drug-likeness (QED) is 0.486. The first kappa shape index (κ1) is 22.3. The number of carbonyl (C=O) groups excluding carboxylic acids is 1. The number of amides is 1. The van der Waals surface area contributed by atoms with Crippen LogP contribution in [0, 0.1) is 6.92 Å². The number of hydrogen-bond donors (Lipinski definition) is 3. The molecule has 3 aromatic rings. The maximum absolute atomic E-state index is 12.4. The summed E-state index contributed by atoms with van der Waals surface area (Å²) in [5.74, 6) is 1.32. The number of aryl methyl sites for hydroxylation is 1. The van der Waals surface area contributed by atoms with Crippen molar-refractivity contribution < 1.29 is 27.8 Å². The molecule has 0 aliphatic heterocycles. The molecule has 1 heterocycles. The molecule has 1 atom stereocenters. The van der Waals surface area contributed by atoms with E-state index in [2.05, 4.69) is 15.3 Å². The van der Waals surface area contributed by atoms with Gasteiger partial charge in [0.25, 0.3) is 5.91 Å². The zero-order valence-corrected chi connectivity index (χ0v) is 18.1. The zero-order valence-electron chi connectivity index (χ0n) is 17.2. The number of nitrogens with zero attached hydrogens (tertiary/aromatic N) is 1. The van der Waals surface area contributed by atoms with Crippen LogP contribution >= 0.6 is 0 Å². The van der Waals surface area contributed by atoms with E-state index in [0.29, 0.717) is 28.8 Å². The van der Waals surface area contributed by atoms with Crippen molar-refractivity contribution in [2.75, 3.05) is 18.2 Å². The molecule has 31 heavy (non-hydrogen) atoms. The van der Waals surface area contributed by atoms with Crippen LogP contribution in [0.1, 0.15) is 23.2 Å². The van der Waals surface area contributed by atoms with Crippen molar-refractivity contribution in [1.29, 1.82) is 0 Å². The van der Waals surface area contributed by atoms with Crippen molar-refractivity contribution in [3.63, 3.8) is 0 Å². The number of ether oxygens (including phenoxy) is 2. The molecule has 10 heteroatoms. The van der Waals surface area contributed by atoms with E-state index in [4.69, 9.17) is 9.47 Å². The average molecular weight is 445 g/mol. The average Bonchev–Trinajstić information content (AvgIpc) is 3.14. The fraction of sp³-hybridized carbons (Fsp3) is 0.238. The molecule has 1 aromatic heterocycles. The summed E-state index contributed by atoms with van der Waals surface area (Å²) in [7, 11) is -3.32. The number of carbonyl (C=O) groups is 1. The molecule has 0 saturated heterocycles. The van der Waals surface area contributed by atoms with Gasteiger partial charge >= 0.3 is 0 Å². The van der Waals surface area contributed by atoms with E-state index < -0.39 is 21.8 Å². The SMILES string of the molecule is Cc1nc(C(=O)Nc2cc(Oc3ccc(S(C)(=O)=O)cc3)cc(O[C@@H](C)CO)c2)c[nH]1. The number of aromatic nitrogens is 2. The highest BCUT2D eigenvalue weighted by Crippen LogP contribution is 2.31. The topological polar surface area (TPSA) is 131 Å². The van der Waals surface area contributed by atoms with Gasteiger partial charge in [0.2, 0.25) is 0 Å². The van der Waals surface area contributed by atoms with E-state index in [0.717, 1.165) is 6.26 Å². The van der Waals surface area contributed by atoms with Gasteiger partial charge in [-0.25, -0.2) is 13.4 Å². The van der Waals surface area contributed by atoms with Crippen LogP contribution in [0.3, 0.4) is 0 Å². The second-order valence-corrected chi connectivity index (χ2v) is 8.99. The van der Waals surface area contributed by atoms with Gasteiger partial charge in [0.05, 0.1) is 11.5 Å². The van der Waals surface area contributed by atoms with Gasteiger partial charge in [-0.2, -0.15) is 0 Å². The Morgan fingerprint density at radius 2 is 1.84 bits per heavy atom. The molecular weight excluding hydrogens is 422 g/mol. The van der Waals surface area contributed by atoms with Gasteiger partial charge in [-0.3, -0.25) is 4.79 Å². The lowest BCUT2D eigenvalue weighted by Crippen LogP contribution is -2.17. The van der Waals surface area contributed by atoms with Crippen LogP contribution in [0.4, 0.5) is 5.69 Å². The lowest BCUT2D eigenvalue weighted by Gasteiger charge is -2.15. The summed E-state index contributed by atoms with van der Waals surface area (Å²) in [6.45, 7) is 3.25. The molecule has 0 saturated carbocycles. The van der Waals surface area contributed by atoms with Crippen LogP contribution in [-0.2, 0) is 9.84 Å². The van der Waals surface area contributed by atoms with Crippen molar-refractivity contribution in [3.8, 4) is 17.2 Å². The second-order valence-electron chi connectivity index (χ2n) is 6.98. The van der Waals surface area contributed by atoms with Crippen LogP contribution in [0.5, 0.6) is 17.2 Å². The summed E-state index contributed by atoms with van der Waals surface area (Å²) in [5.41, 5.74) is 0.627. The van der Waals surface area contributed by atoms with E-state index in [-0.39, 0.29) is 17.2 Å². The van der Waals surface area contributed by atoms with Crippen LogP contribution < -0.4 is 14.8 Å². The molecule has 0 aliphatic carbocycles. The Bertz CT molecular complexity index is 1170. The first-order valence-electron chi connectivity index (χ1n) is 9.38. The standard InChI is InChI=1S/C21H23N3O6S/c1-13(12-25)29-17-8-15(24-21(26)20-11-22-14(2)23-20)9-18(10-17)30-16-4-6-19(7-5-16)31(3,27)28/h4-11,13,25H,12H2,1-3H3,(H,22,23)(H,24,26)/t13-/m0/s1. The minimum atomic E-state index is -3.32. The molecule has 0 spiro atoms. The third kappa shape index (κ3) is 6.06. The van der Waals surface area contributed by atoms with Gasteiger partial charge in [0, 0.05) is 36.3 Å². The monoisotopic (exact) mass is 445 g/mol. The molecule has 0 fully saturated rings. The predicted octanol–water partition coefficient (Wildman–Crippen LogP) is 2.93. The second kappa shape index (κ2) is 9.19. The Kier molecular flexibility index (Phi) is 6.62. The van der Waals surface area contributed by atoms with Crippen molar-refractivity contribution in [2.24, 2.45) is 0 Å². The number of benzene rings is 2. The fourth-order valence-electron chi connectivity index (χ4n) is 2.66. The lowest BCUT2D eigenvalue weighted by molar-refractivity contribution is 0.102. The number of hydrogen-bond acceptors (Lipinski definition) is 7. The normalized spacial score (nSPS) is 12.3. The van der Waals surface area contributed by atoms with Gasteiger partial charge in [-0.15, -0.1) is 0 Å². The molecule has 2 aromatic carbocycles. The van der Waals surface area contributed by atoms with E-state index in [1.54, 1.807) is 32.0 Å². The van der Waals surface area contributed by atoms with Crippen LogP contribution in [0.25, 0.3) is 0 Å². The molecule has 1 amide bonds. The lowest BCUT2D eigenvalue weighted by atomic mass is 10.2. The molecule has 164 valence electrons.